The van der Waals surface area contributed by atoms with Crippen molar-refractivity contribution in [3.8, 4) is 0 Å². The van der Waals surface area contributed by atoms with Gasteiger partial charge < -0.3 is 4.74 Å². The summed E-state index contributed by atoms with van der Waals surface area (Å²) in [5, 5.41) is 13.8. The molecule has 15 heteroatoms. The first-order valence-corrected chi connectivity index (χ1v) is 19.8. The molecular formula is C38H39Cl4N7O2S2. The molecule has 0 aliphatic rings. The first-order chi connectivity index (χ1) is 25.3. The fourth-order valence-electron chi connectivity index (χ4n) is 5.20. The van der Waals surface area contributed by atoms with Crippen molar-refractivity contribution < 1.29 is 4.74 Å². The molecule has 0 bridgehead atoms. The topological polar surface area (TPSA) is 92.7 Å². The molecule has 4 aromatic heterocycles. The van der Waals surface area contributed by atoms with Gasteiger partial charge in [0, 0.05) is 77.7 Å². The molecule has 0 aliphatic carbocycles. The molecule has 0 fully saturated rings. The highest BCUT2D eigenvalue weighted by molar-refractivity contribution is 7.99. The summed E-state index contributed by atoms with van der Waals surface area (Å²) in [5.41, 5.74) is 4.90. The summed E-state index contributed by atoms with van der Waals surface area (Å²) in [6, 6.07) is 16.7. The van der Waals surface area contributed by atoms with Gasteiger partial charge in [0.1, 0.15) is 10.1 Å². The second-order valence-electron chi connectivity index (χ2n) is 12.6. The van der Waals surface area contributed by atoms with Crippen molar-refractivity contribution in [2.24, 2.45) is 0 Å². The summed E-state index contributed by atoms with van der Waals surface area (Å²) < 4.78 is 11.5. The first-order valence-electron chi connectivity index (χ1n) is 16.7. The predicted molar refractivity (Wildman–Crippen MR) is 216 cm³/mol. The van der Waals surface area contributed by atoms with Crippen LogP contribution in [0.5, 0.6) is 0 Å². The van der Waals surface area contributed by atoms with E-state index in [2.05, 4.69) is 42.8 Å². The summed E-state index contributed by atoms with van der Waals surface area (Å²) in [4.78, 5) is 22.1. The van der Waals surface area contributed by atoms with Crippen molar-refractivity contribution in [3.05, 3.63) is 138 Å². The summed E-state index contributed by atoms with van der Waals surface area (Å²) >= 11 is 27.8. The van der Waals surface area contributed by atoms with Crippen LogP contribution in [0, 0.1) is 13.8 Å². The van der Waals surface area contributed by atoms with Crippen molar-refractivity contribution in [2.45, 2.75) is 93.2 Å². The van der Waals surface area contributed by atoms with E-state index in [1.54, 1.807) is 47.2 Å². The van der Waals surface area contributed by atoms with E-state index in [4.69, 9.17) is 56.2 Å². The van der Waals surface area contributed by atoms with Gasteiger partial charge in [-0.25, -0.2) is 4.98 Å². The third kappa shape index (κ3) is 11.1. The van der Waals surface area contributed by atoms with Crippen LogP contribution >= 0.6 is 69.9 Å². The number of benzene rings is 2. The van der Waals surface area contributed by atoms with Crippen LogP contribution in [0.1, 0.15) is 67.9 Å². The SMILES string of the molecule is Cc1nn(C(C)C)c(Sc2cc(Cl)cc(Cl)c2)c1COCc1ccncc1.Cc1nn(C(C)C)c(Sc2cc(Cl)cc(Cl)c2)c1Cn1cnccc1=O. The van der Waals surface area contributed by atoms with E-state index >= 15 is 0 Å². The molecule has 53 heavy (non-hydrogen) atoms. The van der Waals surface area contributed by atoms with E-state index in [-0.39, 0.29) is 17.6 Å². The molecule has 9 nitrogen and oxygen atoms in total. The van der Waals surface area contributed by atoms with Crippen LogP contribution in [-0.2, 0) is 24.5 Å². The molecule has 0 amide bonds. The molecule has 2 aromatic carbocycles. The smallest absolute Gasteiger partial charge is 0.253 e. The molecule has 0 saturated carbocycles. The van der Waals surface area contributed by atoms with Crippen LogP contribution in [-0.4, -0.2) is 34.1 Å². The Morgan fingerprint density at radius 3 is 1.62 bits per heavy atom. The van der Waals surface area contributed by atoms with Crippen molar-refractivity contribution in [2.75, 3.05) is 0 Å². The Bertz CT molecular complexity index is 2180. The van der Waals surface area contributed by atoms with Gasteiger partial charge in [0.05, 0.1) is 37.5 Å². The van der Waals surface area contributed by atoms with E-state index in [9.17, 15) is 4.79 Å². The lowest BCUT2D eigenvalue weighted by molar-refractivity contribution is 0.105. The zero-order chi connectivity index (χ0) is 38.2. The number of aryl methyl sites for hydroxylation is 2. The quantitative estimate of drug-likeness (QED) is 0.120. The maximum Gasteiger partial charge on any atom is 0.253 e. The Balaban J connectivity index is 0.000000204. The zero-order valence-electron chi connectivity index (χ0n) is 30.1. The molecule has 4 heterocycles. The normalized spacial score (nSPS) is 11.3. The highest BCUT2D eigenvalue weighted by Gasteiger charge is 2.21. The van der Waals surface area contributed by atoms with Crippen LogP contribution in [0.3, 0.4) is 0 Å². The molecule has 278 valence electrons. The molecule has 0 atom stereocenters. The van der Waals surface area contributed by atoms with E-state index in [0.717, 1.165) is 47.9 Å². The number of halogens is 4. The maximum atomic E-state index is 12.1. The molecule has 6 aromatic rings. The van der Waals surface area contributed by atoms with Crippen LogP contribution < -0.4 is 5.56 Å². The van der Waals surface area contributed by atoms with Gasteiger partial charge >= 0.3 is 0 Å². The number of hydrogen-bond acceptors (Lipinski definition) is 8. The molecule has 0 N–H and O–H groups in total. The second kappa shape index (κ2) is 18.8. The minimum Gasteiger partial charge on any atom is -0.372 e. The summed E-state index contributed by atoms with van der Waals surface area (Å²) in [6.07, 6.45) is 6.57. The van der Waals surface area contributed by atoms with Gasteiger partial charge in [-0.3, -0.25) is 23.7 Å². The molecule has 0 spiro atoms. The Labute approximate surface area is 338 Å². The average molecular weight is 832 g/mol. The number of aromatic nitrogens is 7. The predicted octanol–water partition coefficient (Wildman–Crippen LogP) is 11.2. The van der Waals surface area contributed by atoms with Gasteiger partial charge in [-0.05, 0) is 95.6 Å². The van der Waals surface area contributed by atoms with Crippen molar-refractivity contribution in [1.29, 1.82) is 0 Å². The minimum absolute atomic E-state index is 0.0987. The zero-order valence-corrected chi connectivity index (χ0v) is 34.7. The fourth-order valence-corrected chi connectivity index (χ4v) is 9.06. The number of pyridine rings is 1. The maximum absolute atomic E-state index is 12.1. The van der Waals surface area contributed by atoms with Crippen molar-refractivity contribution in [3.63, 3.8) is 0 Å². The molecule has 0 unspecified atom stereocenters. The first kappa shape index (κ1) is 40.9. The Hall–Kier alpha value is -3.29. The molecule has 0 radical (unpaired) electrons. The lowest BCUT2D eigenvalue weighted by Crippen LogP contribution is -2.19. The molecule has 0 aliphatic heterocycles. The second-order valence-corrected chi connectivity index (χ2v) is 16.5. The summed E-state index contributed by atoms with van der Waals surface area (Å²) in [7, 11) is 0. The highest BCUT2D eigenvalue weighted by Crippen LogP contribution is 2.38. The summed E-state index contributed by atoms with van der Waals surface area (Å²) in [5.74, 6) is 0. The van der Waals surface area contributed by atoms with Gasteiger partial charge in [-0.1, -0.05) is 69.9 Å². The highest BCUT2D eigenvalue weighted by atomic mass is 35.5. The van der Waals surface area contributed by atoms with E-state index in [1.807, 2.05) is 59.6 Å². The summed E-state index contributed by atoms with van der Waals surface area (Å²) in [6.45, 7) is 13.7. The number of rotatable bonds is 12. The monoisotopic (exact) mass is 829 g/mol. The standard InChI is InChI=1S/C20H21Cl2N3OS.C18H18Cl2N4OS/c1-13(2)25-20(27-18-9-16(21)8-17(22)10-18)19(14(3)24-25)12-26-11-15-4-6-23-7-5-15;1-11(2)24-18(26-15-7-13(19)6-14(20)8-15)16(12(3)22-24)9-23-10-21-5-4-17(23)25/h4-10,13H,11-12H2,1-3H3;4-8,10-11H,9H2,1-3H3. The Morgan fingerprint density at radius 1 is 0.660 bits per heavy atom. The van der Waals surface area contributed by atoms with Crippen molar-refractivity contribution >= 4 is 69.9 Å². The van der Waals surface area contributed by atoms with E-state index in [1.165, 1.54) is 24.0 Å². The van der Waals surface area contributed by atoms with Crippen LogP contribution in [0.4, 0.5) is 0 Å². The van der Waals surface area contributed by atoms with Gasteiger partial charge in [-0.15, -0.1) is 0 Å². The number of nitrogens with zero attached hydrogens (tertiary/aromatic N) is 7. The lowest BCUT2D eigenvalue weighted by Gasteiger charge is -2.13. The molecule has 0 saturated heterocycles. The van der Waals surface area contributed by atoms with Gasteiger partial charge in [-0.2, -0.15) is 10.2 Å². The minimum atomic E-state index is -0.0987. The van der Waals surface area contributed by atoms with Gasteiger partial charge in [0.25, 0.3) is 5.56 Å². The molecular weight excluding hydrogens is 792 g/mol. The number of ether oxygens (including phenoxy) is 1. The molecule has 6 rings (SSSR count). The van der Waals surface area contributed by atoms with Gasteiger partial charge in [0.2, 0.25) is 0 Å². The van der Waals surface area contributed by atoms with E-state index in [0.29, 0.717) is 39.8 Å². The third-order valence-corrected chi connectivity index (χ3v) is 10.9. The Kier molecular flexibility index (Phi) is 14.5. The van der Waals surface area contributed by atoms with Crippen molar-refractivity contribution in [1.82, 2.24) is 34.1 Å². The lowest BCUT2D eigenvalue weighted by atomic mass is 10.2. The fraction of sp³-hybridized carbons (Fsp3) is 0.289. The average Bonchev–Trinajstić information content (AvgIpc) is 3.57. The largest absolute Gasteiger partial charge is 0.372 e. The van der Waals surface area contributed by atoms with Crippen LogP contribution in [0.25, 0.3) is 0 Å². The number of hydrogen-bond donors (Lipinski definition) is 0. The van der Waals surface area contributed by atoms with E-state index < -0.39 is 0 Å². The third-order valence-electron chi connectivity index (χ3n) is 7.79. The Morgan fingerprint density at radius 2 is 1.13 bits per heavy atom. The van der Waals surface area contributed by atoms with Crippen LogP contribution in [0.15, 0.2) is 104 Å². The van der Waals surface area contributed by atoms with Crippen LogP contribution in [0.2, 0.25) is 20.1 Å². The van der Waals surface area contributed by atoms with Gasteiger partial charge in [0.15, 0.2) is 0 Å².